The van der Waals surface area contributed by atoms with Gasteiger partial charge in [0.25, 0.3) is 0 Å². The SMILES string of the molecule is CCN(CC)c1cccc(Nc2nnncc2NCC(C)(C)NC(C)C)c1. The van der Waals surface area contributed by atoms with E-state index in [4.69, 9.17) is 0 Å². The lowest BCUT2D eigenvalue weighted by molar-refractivity contribution is 0.372. The first kappa shape index (κ1) is 20.9. The third-order valence-corrected chi connectivity index (χ3v) is 4.28. The van der Waals surface area contributed by atoms with Crippen LogP contribution >= 0.6 is 0 Å². The van der Waals surface area contributed by atoms with Crippen molar-refractivity contribution in [3.63, 3.8) is 0 Å². The van der Waals surface area contributed by atoms with E-state index < -0.39 is 0 Å². The molecule has 1 aromatic carbocycles. The maximum Gasteiger partial charge on any atom is 0.179 e. The molecule has 2 aromatic rings. The van der Waals surface area contributed by atoms with Crippen LogP contribution in [0.15, 0.2) is 30.5 Å². The van der Waals surface area contributed by atoms with Gasteiger partial charge in [0, 0.05) is 42.6 Å². The van der Waals surface area contributed by atoms with Crippen LogP contribution in [0.1, 0.15) is 41.5 Å². The first-order chi connectivity index (χ1) is 12.8. The Morgan fingerprint density at radius 3 is 2.56 bits per heavy atom. The Balaban J connectivity index is 2.13. The van der Waals surface area contributed by atoms with E-state index in [1.165, 1.54) is 5.69 Å². The average Bonchev–Trinajstić information content (AvgIpc) is 2.61. The van der Waals surface area contributed by atoms with Crippen molar-refractivity contribution < 1.29 is 0 Å². The molecule has 3 N–H and O–H groups in total. The summed E-state index contributed by atoms with van der Waals surface area (Å²) in [5.74, 6) is 0.669. The fraction of sp³-hybridized carbons (Fsp3) is 0.550. The van der Waals surface area contributed by atoms with Crippen molar-refractivity contribution in [2.24, 2.45) is 0 Å². The van der Waals surface area contributed by atoms with Gasteiger partial charge in [-0.25, -0.2) is 0 Å². The summed E-state index contributed by atoms with van der Waals surface area (Å²) in [5, 5.41) is 22.3. The molecule has 2 rings (SSSR count). The molecule has 0 aliphatic heterocycles. The number of rotatable bonds is 10. The molecule has 7 heteroatoms. The van der Waals surface area contributed by atoms with E-state index in [-0.39, 0.29) is 5.54 Å². The van der Waals surface area contributed by atoms with Gasteiger partial charge in [0.05, 0.1) is 6.20 Å². The molecule has 0 amide bonds. The summed E-state index contributed by atoms with van der Waals surface area (Å²) in [6, 6.07) is 8.74. The Kier molecular flexibility index (Phi) is 7.36. The number of benzene rings is 1. The van der Waals surface area contributed by atoms with E-state index in [9.17, 15) is 0 Å². The molecule has 7 nitrogen and oxygen atoms in total. The van der Waals surface area contributed by atoms with E-state index in [0.29, 0.717) is 11.9 Å². The normalized spacial score (nSPS) is 11.5. The summed E-state index contributed by atoms with van der Waals surface area (Å²) in [5.41, 5.74) is 2.93. The lowest BCUT2D eigenvalue weighted by Gasteiger charge is -2.29. The predicted octanol–water partition coefficient (Wildman–Crippen LogP) is 3.65. The smallest absolute Gasteiger partial charge is 0.179 e. The molecule has 1 aromatic heterocycles. The summed E-state index contributed by atoms with van der Waals surface area (Å²) in [7, 11) is 0. The van der Waals surface area contributed by atoms with E-state index in [2.05, 4.69) is 89.9 Å². The summed E-state index contributed by atoms with van der Waals surface area (Å²) >= 11 is 0. The van der Waals surface area contributed by atoms with E-state index in [0.717, 1.165) is 31.0 Å². The van der Waals surface area contributed by atoms with Crippen molar-refractivity contribution in [3.05, 3.63) is 30.5 Å². The Hall–Kier alpha value is -2.41. The monoisotopic (exact) mass is 371 g/mol. The zero-order valence-electron chi connectivity index (χ0n) is 17.4. The molecule has 0 unspecified atom stereocenters. The van der Waals surface area contributed by atoms with Gasteiger partial charge in [0.2, 0.25) is 0 Å². The first-order valence-electron chi connectivity index (χ1n) is 9.66. The standard InChI is InChI=1S/C20H33N7/c1-7-27(8-2)17-11-9-10-16(12-17)23-19-18(13-22-26-25-19)21-14-20(5,6)24-15(3)4/h9-13,15,24H,7-8,14H2,1-6H3,(H,21,26)(H,22,23,25). The summed E-state index contributed by atoms with van der Waals surface area (Å²) in [6.45, 7) is 15.6. The van der Waals surface area contributed by atoms with Crippen LogP contribution in [0.2, 0.25) is 0 Å². The van der Waals surface area contributed by atoms with Crippen LogP contribution in [-0.4, -0.2) is 46.6 Å². The van der Waals surface area contributed by atoms with Crippen molar-refractivity contribution >= 4 is 22.9 Å². The van der Waals surface area contributed by atoms with Crippen LogP contribution in [-0.2, 0) is 0 Å². The highest BCUT2D eigenvalue weighted by molar-refractivity contribution is 5.71. The quantitative estimate of drug-likeness (QED) is 0.588. The molecule has 0 radical (unpaired) electrons. The molecule has 0 saturated heterocycles. The molecule has 0 atom stereocenters. The van der Waals surface area contributed by atoms with Crippen LogP contribution in [0.25, 0.3) is 0 Å². The fourth-order valence-corrected chi connectivity index (χ4v) is 3.15. The third kappa shape index (κ3) is 6.36. The van der Waals surface area contributed by atoms with Crippen LogP contribution in [0.5, 0.6) is 0 Å². The van der Waals surface area contributed by atoms with Crippen LogP contribution in [0.4, 0.5) is 22.9 Å². The van der Waals surface area contributed by atoms with Gasteiger partial charge >= 0.3 is 0 Å². The van der Waals surface area contributed by atoms with Crippen LogP contribution < -0.4 is 20.9 Å². The second kappa shape index (κ2) is 9.50. The largest absolute Gasteiger partial charge is 0.379 e. The Morgan fingerprint density at radius 2 is 1.89 bits per heavy atom. The minimum absolute atomic E-state index is 0.0582. The maximum absolute atomic E-state index is 4.18. The van der Waals surface area contributed by atoms with Crippen molar-refractivity contribution in [1.82, 2.24) is 20.7 Å². The molecule has 148 valence electrons. The second-order valence-corrected chi connectivity index (χ2v) is 7.58. The molecule has 0 aliphatic rings. The highest BCUT2D eigenvalue weighted by Gasteiger charge is 2.19. The summed E-state index contributed by atoms with van der Waals surface area (Å²) in [6.07, 6.45) is 1.70. The van der Waals surface area contributed by atoms with Gasteiger partial charge in [0.1, 0.15) is 5.69 Å². The molecule has 1 heterocycles. The van der Waals surface area contributed by atoms with Crippen molar-refractivity contribution in [2.45, 2.75) is 53.1 Å². The van der Waals surface area contributed by atoms with Gasteiger partial charge in [-0.1, -0.05) is 19.9 Å². The zero-order chi connectivity index (χ0) is 19.9. The van der Waals surface area contributed by atoms with Crippen LogP contribution in [0, 0.1) is 0 Å². The van der Waals surface area contributed by atoms with Crippen LogP contribution in [0.3, 0.4) is 0 Å². The second-order valence-electron chi connectivity index (χ2n) is 7.58. The van der Waals surface area contributed by atoms with Gasteiger partial charge in [0.15, 0.2) is 5.82 Å². The van der Waals surface area contributed by atoms with Crippen molar-refractivity contribution in [1.29, 1.82) is 0 Å². The molecular formula is C20H33N7. The molecular weight excluding hydrogens is 338 g/mol. The minimum Gasteiger partial charge on any atom is -0.379 e. The fourth-order valence-electron chi connectivity index (χ4n) is 3.15. The molecule has 0 fully saturated rings. The first-order valence-corrected chi connectivity index (χ1v) is 9.66. The Labute approximate surface area is 163 Å². The molecule has 27 heavy (non-hydrogen) atoms. The lowest BCUT2D eigenvalue weighted by atomic mass is 10.0. The highest BCUT2D eigenvalue weighted by Crippen LogP contribution is 2.25. The summed E-state index contributed by atoms with van der Waals surface area (Å²) < 4.78 is 0. The highest BCUT2D eigenvalue weighted by atomic mass is 15.3. The van der Waals surface area contributed by atoms with Gasteiger partial charge in [-0.15, -0.1) is 10.2 Å². The number of hydrogen-bond donors (Lipinski definition) is 3. The van der Waals surface area contributed by atoms with E-state index in [1.807, 2.05) is 12.1 Å². The number of nitrogens with one attached hydrogen (secondary N) is 3. The van der Waals surface area contributed by atoms with Crippen molar-refractivity contribution in [2.75, 3.05) is 35.2 Å². The van der Waals surface area contributed by atoms with Crippen molar-refractivity contribution in [3.8, 4) is 0 Å². The molecule has 0 saturated carbocycles. The predicted molar refractivity (Wildman–Crippen MR) is 114 cm³/mol. The molecule has 0 spiro atoms. The van der Waals surface area contributed by atoms with Gasteiger partial charge in [-0.2, -0.15) is 0 Å². The summed E-state index contributed by atoms with van der Waals surface area (Å²) in [4.78, 5) is 2.31. The molecule has 0 bridgehead atoms. The Bertz CT molecular complexity index is 711. The molecule has 0 aliphatic carbocycles. The van der Waals surface area contributed by atoms with E-state index >= 15 is 0 Å². The zero-order valence-corrected chi connectivity index (χ0v) is 17.4. The number of aromatic nitrogens is 3. The maximum atomic E-state index is 4.18. The number of nitrogens with zero attached hydrogens (tertiary/aromatic N) is 4. The topological polar surface area (TPSA) is 78.0 Å². The average molecular weight is 372 g/mol. The van der Waals surface area contributed by atoms with Gasteiger partial charge in [-0.3, -0.25) is 0 Å². The number of hydrogen-bond acceptors (Lipinski definition) is 7. The van der Waals surface area contributed by atoms with E-state index in [1.54, 1.807) is 6.20 Å². The third-order valence-electron chi connectivity index (χ3n) is 4.28. The lowest BCUT2D eigenvalue weighted by Crippen LogP contribution is -2.48. The Morgan fingerprint density at radius 1 is 1.15 bits per heavy atom. The van der Waals surface area contributed by atoms with Gasteiger partial charge in [-0.05, 0) is 51.1 Å². The van der Waals surface area contributed by atoms with Gasteiger partial charge < -0.3 is 20.9 Å². The minimum atomic E-state index is -0.0582. The number of anilines is 4.